The molecule has 0 spiro atoms. The lowest BCUT2D eigenvalue weighted by Crippen LogP contribution is -2.49. The predicted octanol–water partition coefficient (Wildman–Crippen LogP) is 1.06. The first-order chi connectivity index (χ1) is 14.2. The number of piperazine rings is 1. The number of amides is 2. The quantitative estimate of drug-likeness (QED) is 0.730. The summed E-state index contributed by atoms with van der Waals surface area (Å²) in [5.74, 6) is 0.764. The van der Waals surface area contributed by atoms with Crippen LogP contribution in [0.15, 0.2) is 42.7 Å². The van der Waals surface area contributed by atoms with Crippen LogP contribution in [0, 0.1) is 0 Å². The van der Waals surface area contributed by atoms with Gasteiger partial charge in [0, 0.05) is 50.3 Å². The zero-order valence-electron chi connectivity index (χ0n) is 16.4. The first-order valence-electron chi connectivity index (χ1n) is 10.1. The number of carbonyl (C=O) groups is 2. The Morgan fingerprint density at radius 2 is 1.66 bits per heavy atom. The smallest absolute Gasteiger partial charge is 0.238 e. The van der Waals surface area contributed by atoms with Crippen molar-refractivity contribution in [1.82, 2.24) is 20.2 Å². The summed E-state index contributed by atoms with van der Waals surface area (Å²) in [5.41, 5.74) is 1.69. The Balaban J connectivity index is 1.20. The number of carbonyl (C=O) groups excluding carboxylic acids is 2. The molecule has 2 heterocycles. The predicted molar refractivity (Wildman–Crippen MR) is 111 cm³/mol. The van der Waals surface area contributed by atoms with Gasteiger partial charge in [0.25, 0.3) is 0 Å². The minimum Gasteiger partial charge on any atom is -0.353 e. The number of anilines is 2. The molecular formula is C21H26N6O2. The minimum atomic E-state index is -0.0337. The molecule has 1 saturated heterocycles. The Morgan fingerprint density at radius 1 is 0.966 bits per heavy atom. The summed E-state index contributed by atoms with van der Waals surface area (Å²) in [7, 11) is 0. The van der Waals surface area contributed by atoms with Crippen molar-refractivity contribution >= 4 is 23.5 Å². The molecule has 2 N–H and O–H groups in total. The molecule has 2 aliphatic rings. The van der Waals surface area contributed by atoms with Gasteiger partial charge in [-0.3, -0.25) is 14.5 Å². The number of hydrogen-bond acceptors (Lipinski definition) is 6. The number of aromatic nitrogens is 2. The van der Waals surface area contributed by atoms with Crippen LogP contribution < -0.4 is 15.5 Å². The van der Waals surface area contributed by atoms with Gasteiger partial charge < -0.3 is 15.5 Å². The molecule has 0 unspecified atom stereocenters. The van der Waals surface area contributed by atoms with E-state index in [0.29, 0.717) is 19.0 Å². The number of rotatable bonds is 7. The second-order valence-corrected chi connectivity index (χ2v) is 7.58. The largest absolute Gasteiger partial charge is 0.353 e. The third-order valence-corrected chi connectivity index (χ3v) is 5.12. The van der Waals surface area contributed by atoms with E-state index in [-0.39, 0.29) is 11.8 Å². The van der Waals surface area contributed by atoms with Crippen LogP contribution in [0.2, 0.25) is 0 Å². The summed E-state index contributed by atoms with van der Waals surface area (Å²) < 4.78 is 0. The molecule has 0 atom stereocenters. The van der Waals surface area contributed by atoms with Gasteiger partial charge in [-0.2, -0.15) is 0 Å². The van der Waals surface area contributed by atoms with Crippen molar-refractivity contribution in [3.05, 3.63) is 48.3 Å². The van der Waals surface area contributed by atoms with E-state index in [4.69, 9.17) is 0 Å². The maximum Gasteiger partial charge on any atom is 0.238 e. The SMILES string of the molecule is O=C(CN1CCN(c2ncccn2)CC1)Nc1ccc(CC(=O)NC2CC2)cc1. The average Bonchev–Trinajstić information content (AvgIpc) is 3.54. The van der Waals surface area contributed by atoms with E-state index >= 15 is 0 Å². The van der Waals surface area contributed by atoms with Gasteiger partial charge in [-0.05, 0) is 36.6 Å². The Labute approximate surface area is 170 Å². The molecule has 1 aromatic heterocycles. The fraction of sp³-hybridized carbons (Fsp3) is 0.429. The van der Waals surface area contributed by atoms with E-state index < -0.39 is 0 Å². The van der Waals surface area contributed by atoms with Crippen LogP contribution in [0.25, 0.3) is 0 Å². The molecule has 4 rings (SSSR count). The van der Waals surface area contributed by atoms with E-state index in [1.54, 1.807) is 18.5 Å². The van der Waals surface area contributed by atoms with Gasteiger partial charge >= 0.3 is 0 Å². The molecule has 0 bridgehead atoms. The molecule has 29 heavy (non-hydrogen) atoms. The summed E-state index contributed by atoms with van der Waals surface area (Å²) in [6.07, 6.45) is 6.04. The monoisotopic (exact) mass is 394 g/mol. The van der Waals surface area contributed by atoms with Gasteiger partial charge in [-0.1, -0.05) is 12.1 Å². The number of hydrogen-bond donors (Lipinski definition) is 2. The summed E-state index contributed by atoms with van der Waals surface area (Å²) in [4.78, 5) is 37.0. The highest BCUT2D eigenvalue weighted by Gasteiger charge is 2.23. The second-order valence-electron chi connectivity index (χ2n) is 7.58. The zero-order valence-corrected chi connectivity index (χ0v) is 16.4. The molecule has 8 nitrogen and oxygen atoms in total. The first-order valence-corrected chi connectivity index (χ1v) is 10.1. The lowest BCUT2D eigenvalue weighted by molar-refractivity contribution is -0.120. The third kappa shape index (κ3) is 5.74. The van der Waals surface area contributed by atoms with Crippen molar-refractivity contribution in [3.63, 3.8) is 0 Å². The molecule has 1 aliphatic heterocycles. The highest BCUT2D eigenvalue weighted by atomic mass is 16.2. The normalized spacial score (nSPS) is 17.0. The summed E-state index contributed by atoms with van der Waals surface area (Å²) in [6.45, 7) is 3.54. The van der Waals surface area contributed by atoms with E-state index in [1.165, 1.54) is 0 Å². The van der Waals surface area contributed by atoms with Crippen LogP contribution in [0.5, 0.6) is 0 Å². The first kappa shape index (κ1) is 19.3. The van der Waals surface area contributed by atoms with Crippen LogP contribution in [0.4, 0.5) is 11.6 Å². The molecule has 152 valence electrons. The van der Waals surface area contributed by atoms with Crippen molar-refractivity contribution in [2.75, 3.05) is 42.9 Å². The number of benzene rings is 1. The van der Waals surface area contributed by atoms with Crippen molar-refractivity contribution in [3.8, 4) is 0 Å². The van der Waals surface area contributed by atoms with E-state index in [1.807, 2.05) is 24.3 Å². The van der Waals surface area contributed by atoms with Gasteiger partial charge in [-0.25, -0.2) is 9.97 Å². The average molecular weight is 394 g/mol. The number of nitrogens with one attached hydrogen (secondary N) is 2. The maximum absolute atomic E-state index is 12.4. The maximum atomic E-state index is 12.4. The van der Waals surface area contributed by atoms with E-state index in [0.717, 1.165) is 56.2 Å². The summed E-state index contributed by atoms with van der Waals surface area (Å²) in [6, 6.07) is 9.66. The fourth-order valence-corrected chi connectivity index (χ4v) is 3.36. The minimum absolute atomic E-state index is 0.0337. The molecular weight excluding hydrogens is 368 g/mol. The highest BCUT2D eigenvalue weighted by Crippen LogP contribution is 2.19. The molecule has 2 fully saturated rings. The van der Waals surface area contributed by atoms with Gasteiger partial charge in [0.15, 0.2) is 0 Å². The topological polar surface area (TPSA) is 90.5 Å². The molecule has 2 aromatic rings. The second kappa shape index (κ2) is 9.00. The Morgan fingerprint density at radius 3 is 2.31 bits per heavy atom. The van der Waals surface area contributed by atoms with Crippen LogP contribution in [-0.4, -0.2) is 65.4 Å². The molecule has 1 aromatic carbocycles. The lowest BCUT2D eigenvalue weighted by Gasteiger charge is -2.34. The van der Waals surface area contributed by atoms with Gasteiger partial charge in [0.1, 0.15) is 0 Å². The molecule has 1 saturated carbocycles. The third-order valence-electron chi connectivity index (χ3n) is 5.12. The van der Waals surface area contributed by atoms with Crippen LogP contribution >= 0.6 is 0 Å². The molecule has 0 radical (unpaired) electrons. The molecule has 2 amide bonds. The van der Waals surface area contributed by atoms with Gasteiger partial charge in [-0.15, -0.1) is 0 Å². The van der Waals surface area contributed by atoms with E-state index in [2.05, 4.69) is 30.4 Å². The Bertz CT molecular complexity index is 830. The van der Waals surface area contributed by atoms with Crippen LogP contribution in [0.1, 0.15) is 18.4 Å². The molecule has 1 aliphatic carbocycles. The van der Waals surface area contributed by atoms with Gasteiger partial charge in [0.2, 0.25) is 17.8 Å². The van der Waals surface area contributed by atoms with E-state index in [9.17, 15) is 9.59 Å². The Hall–Kier alpha value is -3.00. The highest BCUT2D eigenvalue weighted by molar-refractivity contribution is 5.92. The van der Waals surface area contributed by atoms with Crippen LogP contribution in [-0.2, 0) is 16.0 Å². The summed E-state index contributed by atoms with van der Waals surface area (Å²) >= 11 is 0. The van der Waals surface area contributed by atoms with Gasteiger partial charge in [0.05, 0.1) is 13.0 Å². The summed E-state index contributed by atoms with van der Waals surface area (Å²) in [5, 5.41) is 5.92. The Kier molecular flexibility index (Phi) is 6.00. The van der Waals surface area contributed by atoms with Crippen molar-refractivity contribution in [2.45, 2.75) is 25.3 Å². The van der Waals surface area contributed by atoms with Crippen LogP contribution in [0.3, 0.4) is 0 Å². The standard InChI is InChI=1S/C21H26N6O2/c28-19(24-18-6-7-18)14-16-2-4-17(5-3-16)25-20(29)15-26-10-12-27(13-11-26)21-22-8-1-9-23-21/h1-5,8-9,18H,6-7,10-15H2,(H,24,28)(H,25,29). The van der Waals surface area contributed by atoms with Crippen molar-refractivity contribution in [1.29, 1.82) is 0 Å². The van der Waals surface area contributed by atoms with Crippen molar-refractivity contribution in [2.24, 2.45) is 0 Å². The number of nitrogens with zero attached hydrogens (tertiary/aromatic N) is 4. The van der Waals surface area contributed by atoms with Crippen molar-refractivity contribution < 1.29 is 9.59 Å². The fourth-order valence-electron chi connectivity index (χ4n) is 3.36. The zero-order chi connectivity index (χ0) is 20.1. The lowest BCUT2D eigenvalue weighted by atomic mass is 10.1. The molecule has 8 heteroatoms.